The number of hydrogen-bond acceptors (Lipinski definition) is 6. The van der Waals surface area contributed by atoms with Crippen molar-refractivity contribution in [1.82, 2.24) is 4.90 Å². The summed E-state index contributed by atoms with van der Waals surface area (Å²) < 4.78 is 0. The van der Waals surface area contributed by atoms with Crippen LogP contribution in [0.15, 0.2) is 39.7 Å². The van der Waals surface area contributed by atoms with E-state index in [0.29, 0.717) is 35.8 Å². The molecule has 1 amide bonds. The molecule has 1 aliphatic carbocycles. The predicted molar refractivity (Wildman–Crippen MR) is 107 cm³/mol. The van der Waals surface area contributed by atoms with Gasteiger partial charge < -0.3 is 11.1 Å². The molecule has 0 aromatic heterocycles. The van der Waals surface area contributed by atoms with E-state index in [-0.39, 0.29) is 17.7 Å². The van der Waals surface area contributed by atoms with Crippen molar-refractivity contribution in [3.63, 3.8) is 0 Å². The largest absolute Gasteiger partial charge is 0.330 e. The zero-order valence-corrected chi connectivity index (χ0v) is 16.3. The Bertz CT molecular complexity index is 852. The van der Waals surface area contributed by atoms with Crippen LogP contribution in [0.1, 0.15) is 54.6 Å². The second kappa shape index (κ2) is 7.93. The molecule has 3 aliphatic rings. The summed E-state index contributed by atoms with van der Waals surface area (Å²) in [6.45, 7) is 4.88. The highest BCUT2D eigenvalue weighted by Crippen LogP contribution is 2.47. The van der Waals surface area contributed by atoms with Crippen molar-refractivity contribution >= 4 is 17.4 Å². The Hall–Kier alpha value is -2.38. The van der Waals surface area contributed by atoms with Gasteiger partial charge in [0.1, 0.15) is 6.04 Å². The summed E-state index contributed by atoms with van der Waals surface area (Å²) in [5, 5.41) is 11.5. The first-order valence-electron chi connectivity index (χ1n) is 10.2. The molecule has 1 aromatic rings. The zero-order valence-electron chi connectivity index (χ0n) is 16.3. The van der Waals surface area contributed by atoms with E-state index in [2.05, 4.69) is 27.4 Å². The van der Waals surface area contributed by atoms with Gasteiger partial charge in [0.2, 0.25) is 5.91 Å². The number of nitrogens with one attached hydrogen (secondary N) is 1. The van der Waals surface area contributed by atoms with Crippen molar-refractivity contribution in [2.45, 2.75) is 38.6 Å². The molecule has 0 saturated carbocycles. The van der Waals surface area contributed by atoms with Crippen LogP contribution < -0.4 is 11.1 Å². The first kappa shape index (κ1) is 19.0. The highest BCUT2D eigenvalue weighted by molar-refractivity contribution is 6.19. The zero-order chi connectivity index (χ0) is 19.7. The first-order chi connectivity index (χ1) is 13.6. The van der Waals surface area contributed by atoms with Gasteiger partial charge in [-0.25, -0.2) is 0 Å². The van der Waals surface area contributed by atoms with E-state index < -0.39 is 0 Å². The third kappa shape index (κ3) is 3.40. The summed E-state index contributed by atoms with van der Waals surface area (Å²) in [5.74, 6) is 0.426. The molecule has 148 valence electrons. The quantitative estimate of drug-likeness (QED) is 0.791. The number of ketones is 1. The number of azo groups is 1. The SMILES string of the molecule is CCCC1=C2C(=O)c3c(NC(=O)CN4CCC(CN)CC4)cccc3C2N=N1. The normalized spacial score (nSPS) is 21.9. The minimum absolute atomic E-state index is 0.0480. The number of rotatable bonds is 6. The number of hydrogen-bond donors (Lipinski definition) is 2. The van der Waals surface area contributed by atoms with Crippen molar-refractivity contribution in [3.8, 4) is 0 Å². The number of carbonyl (C=O) groups is 2. The third-order valence-corrected chi connectivity index (χ3v) is 5.91. The lowest BCUT2D eigenvalue weighted by Crippen LogP contribution is -2.40. The van der Waals surface area contributed by atoms with E-state index in [1.807, 2.05) is 12.1 Å². The van der Waals surface area contributed by atoms with Crippen LogP contribution in [0.25, 0.3) is 0 Å². The van der Waals surface area contributed by atoms with Crippen molar-refractivity contribution in [3.05, 3.63) is 40.6 Å². The standard InChI is InChI=1S/C21H27N5O2/c1-2-4-16-19-20(25-24-16)14-5-3-6-15(18(14)21(19)28)23-17(27)12-26-9-7-13(11-22)8-10-26/h3,5-6,13,20H,2,4,7-12,22H2,1H3,(H,23,27). The monoisotopic (exact) mass is 381 g/mol. The van der Waals surface area contributed by atoms with Crippen LogP contribution in [-0.4, -0.2) is 42.8 Å². The summed E-state index contributed by atoms with van der Waals surface area (Å²) >= 11 is 0. The number of anilines is 1. The minimum Gasteiger partial charge on any atom is -0.330 e. The van der Waals surface area contributed by atoms with Crippen molar-refractivity contribution in [2.75, 3.05) is 31.5 Å². The number of fused-ring (bicyclic) bond motifs is 3. The first-order valence-corrected chi connectivity index (χ1v) is 10.2. The van der Waals surface area contributed by atoms with Gasteiger partial charge in [-0.2, -0.15) is 10.2 Å². The van der Waals surface area contributed by atoms with E-state index in [1.54, 1.807) is 6.07 Å². The number of nitrogens with two attached hydrogens (primary N) is 1. The number of nitrogens with zero attached hydrogens (tertiary/aromatic N) is 3. The lowest BCUT2D eigenvalue weighted by atomic mass is 9.97. The molecule has 7 heteroatoms. The van der Waals surface area contributed by atoms with Gasteiger partial charge in [-0.1, -0.05) is 25.5 Å². The maximum Gasteiger partial charge on any atom is 0.238 e. The van der Waals surface area contributed by atoms with E-state index in [9.17, 15) is 9.59 Å². The van der Waals surface area contributed by atoms with Crippen molar-refractivity contribution in [1.29, 1.82) is 0 Å². The van der Waals surface area contributed by atoms with Gasteiger partial charge in [0.05, 0.1) is 29.1 Å². The average Bonchev–Trinajstić information content (AvgIpc) is 3.23. The highest BCUT2D eigenvalue weighted by atomic mass is 16.2. The van der Waals surface area contributed by atoms with Crippen LogP contribution in [0.5, 0.6) is 0 Å². The Balaban J connectivity index is 1.49. The Kier molecular flexibility index (Phi) is 5.37. The van der Waals surface area contributed by atoms with Crippen LogP contribution in [0.2, 0.25) is 0 Å². The number of carbonyl (C=O) groups excluding carboxylic acids is 2. The van der Waals surface area contributed by atoms with Gasteiger partial charge in [0.25, 0.3) is 0 Å². The molecule has 1 fully saturated rings. The topological polar surface area (TPSA) is 100 Å². The summed E-state index contributed by atoms with van der Waals surface area (Å²) in [6.07, 6.45) is 3.72. The van der Waals surface area contributed by atoms with Crippen LogP contribution in [0.4, 0.5) is 5.69 Å². The second-order valence-corrected chi connectivity index (χ2v) is 7.83. The summed E-state index contributed by atoms with van der Waals surface area (Å²) in [4.78, 5) is 27.8. The van der Waals surface area contributed by atoms with Gasteiger partial charge in [-0.15, -0.1) is 0 Å². The highest BCUT2D eigenvalue weighted by Gasteiger charge is 2.41. The summed E-state index contributed by atoms with van der Waals surface area (Å²) in [6, 6.07) is 5.26. The molecular weight excluding hydrogens is 354 g/mol. The van der Waals surface area contributed by atoms with Crippen molar-refractivity contribution in [2.24, 2.45) is 21.9 Å². The number of benzene rings is 1. The molecular formula is C21H27N5O2. The van der Waals surface area contributed by atoms with Crippen molar-refractivity contribution < 1.29 is 9.59 Å². The smallest absolute Gasteiger partial charge is 0.238 e. The molecule has 1 atom stereocenters. The fourth-order valence-corrected chi connectivity index (χ4v) is 4.35. The molecule has 1 unspecified atom stereocenters. The number of likely N-dealkylation sites (tertiary alicyclic amines) is 1. The van der Waals surface area contributed by atoms with Crippen LogP contribution in [-0.2, 0) is 4.79 Å². The van der Waals surface area contributed by atoms with E-state index in [0.717, 1.165) is 50.0 Å². The predicted octanol–water partition coefficient (Wildman–Crippen LogP) is 3.05. The Labute approximate surface area is 165 Å². The number of piperidine rings is 1. The molecule has 28 heavy (non-hydrogen) atoms. The molecule has 0 radical (unpaired) electrons. The molecule has 0 bridgehead atoms. The molecule has 1 saturated heterocycles. The second-order valence-electron chi connectivity index (χ2n) is 7.83. The number of Topliss-reactive ketones (excluding diaryl/α,β-unsaturated/α-hetero) is 1. The lowest BCUT2D eigenvalue weighted by Gasteiger charge is -2.30. The molecule has 3 N–H and O–H groups in total. The van der Waals surface area contributed by atoms with E-state index in [1.165, 1.54) is 0 Å². The van der Waals surface area contributed by atoms with Crippen LogP contribution in [0.3, 0.4) is 0 Å². The Morgan fingerprint density at radius 1 is 1.32 bits per heavy atom. The maximum absolute atomic E-state index is 13.1. The third-order valence-electron chi connectivity index (χ3n) is 5.91. The molecule has 4 rings (SSSR count). The number of amides is 1. The Morgan fingerprint density at radius 3 is 2.82 bits per heavy atom. The van der Waals surface area contributed by atoms with Gasteiger partial charge in [0, 0.05) is 0 Å². The van der Waals surface area contributed by atoms with Crippen LogP contribution in [0, 0.1) is 5.92 Å². The Morgan fingerprint density at radius 2 is 2.11 bits per heavy atom. The van der Waals surface area contributed by atoms with E-state index >= 15 is 0 Å². The van der Waals surface area contributed by atoms with E-state index in [4.69, 9.17) is 5.73 Å². The number of allylic oxidation sites excluding steroid dienone is 1. The maximum atomic E-state index is 13.1. The summed E-state index contributed by atoms with van der Waals surface area (Å²) in [7, 11) is 0. The molecule has 2 heterocycles. The lowest BCUT2D eigenvalue weighted by molar-refractivity contribution is -0.117. The van der Waals surface area contributed by atoms with Crippen LogP contribution >= 0.6 is 0 Å². The average molecular weight is 381 g/mol. The van der Waals surface area contributed by atoms with Gasteiger partial charge in [-0.05, 0) is 56.4 Å². The fraction of sp³-hybridized carbons (Fsp3) is 0.524. The fourth-order valence-electron chi connectivity index (χ4n) is 4.35. The molecule has 0 spiro atoms. The molecule has 2 aliphatic heterocycles. The van der Waals surface area contributed by atoms with Gasteiger partial charge in [-0.3, -0.25) is 14.5 Å². The van der Waals surface area contributed by atoms with Gasteiger partial charge in [0.15, 0.2) is 5.78 Å². The summed E-state index contributed by atoms with van der Waals surface area (Å²) in [5.41, 5.74) is 9.20. The molecule has 1 aromatic carbocycles. The molecule has 7 nitrogen and oxygen atoms in total. The van der Waals surface area contributed by atoms with Gasteiger partial charge >= 0.3 is 0 Å². The minimum atomic E-state index is -0.309.